The summed E-state index contributed by atoms with van der Waals surface area (Å²) in [4.78, 5) is 64.1. The molecule has 0 unspecified atom stereocenters. The van der Waals surface area contributed by atoms with Gasteiger partial charge in [-0.05, 0) is 403 Å². The number of esters is 2. The molecule has 17 heteroatoms. The van der Waals surface area contributed by atoms with Gasteiger partial charge in [0.15, 0.2) is 0 Å². The number of nitrogens with zero attached hydrogens (tertiary/aromatic N) is 2. The molecule has 0 aromatic rings. The second-order valence-electron chi connectivity index (χ2n) is 49.5. The predicted molar refractivity (Wildman–Crippen MR) is 498 cm³/mol. The highest BCUT2D eigenvalue weighted by Crippen LogP contribution is 2.71. The van der Waals surface area contributed by atoms with Crippen molar-refractivity contribution in [3.63, 3.8) is 0 Å². The standard InChI is InChI=1S/C37H61NO5.C33H54O3.C27H46O2.C10H17NO4.ClH/c1-24(11-9-19-35(5,6)41)28-15-16-29-27-14-13-25-23-26(17-20-36(25,7)30(27)18-21-37(28,29)8)42-32(39)31-12-10-22-38(31)33(40)43-34(2,3)4;1-22(9-8-18-31(2,3)35)27-14-15-28-26-13-12-24-21-25(36-30(34)23-10-6-7-11-23)16-19-32(24,4)29(26)17-20-33(27,28)5;1-18(7-6-14-25(2,3)29)22-10-11-23-21-9-8-19-17-20(28)12-15-26(19,4)24(21)13-16-27(22,23)5;1-10(2,3)15-9(14)11-6-4-5-7(11)8(12)13;/h13,24,26-31,41H,9-12,14-23H2,1-8H3;12,22-23,25-29,35H,6-11,13-21H2,1-5H3;8,18,20-24,28-29H,6-7,9-17H2,1-5H3;7H,4-6H2,1-3H3,(H,12,13);1H/t24-,26+,27+,28-,29+,30+,31+,36+,37-;22-,25+,26+,27-,28+,29+,32+,33-;18-,20+,21+,22-,23+,24+,26+,27-;7-;/m1110./s1. The lowest BCUT2D eigenvalue weighted by Gasteiger charge is -2.58. The summed E-state index contributed by atoms with van der Waals surface area (Å²) in [6.07, 6.45) is 53.2. The van der Waals surface area contributed by atoms with E-state index >= 15 is 0 Å². The minimum absolute atomic E-state index is 0. The lowest BCUT2D eigenvalue weighted by molar-refractivity contribution is -0.157. The van der Waals surface area contributed by atoms with Crippen LogP contribution in [-0.4, -0.2) is 137 Å². The number of aliphatic hydroxyl groups is 4. The third-order valence-corrected chi connectivity index (χ3v) is 37.4. The van der Waals surface area contributed by atoms with Gasteiger partial charge in [-0.3, -0.25) is 14.6 Å². The van der Waals surface area contributed by atoms with Crippen molar-refractivity contribution in [1.29, 1.82) is 0 Å². The molecule has 15 rings (SSSR count). The fourth-order valence-electron chi connectivity index (χ4n) is 31.0. The van der Waals surface area contributed by atoms with E-state index in [4.69, 9.17) is 24.1 Å². The van der Waals surface area contributed by atoms with Crippen LogP contribution in [0, 0.1) is 127 Å². The zero-order valence-corrected chi connectivity index (χ0v) is 82.8. The summed E-state index contributed by atoms with van der Waals surface area (Å²) < 4.78 is 22.9. The Bertz CT molecular complexity index is 3710. The number of ether oxygens (including phenoxy) is 4. The van der Waals surface area contributed by atoms with Gasteiger partial charge in [0, 0.05) is 25.9 Å². The average Bonchev–Trinajstić information content (AvgIpc) is 1.45. The molecule has 26 atom stereocenters. The van der Waals surface area contributed by atoms with E-state index in [1.54, 1.807) is 36.8 Å². The zero-order valence-electron chi connectivity index (χ0n) is 82.0. The highest BCUT2D eigenvalue weighted by atomic mass is 35.5. The summed E-state index contributed by atoms with van der Waals surface area (Å²) in [5.74, 6) is 11.2. The molecule has 0 spiro atoms. The van der Waals surface area contributed by atoms with Crippen molar-refractivity contribution in [1.82, 2.24) is 9.80 Å². The number of carbonyl (C=O) groups is 5. The highest BCUT2D eigenvalue weighted by Gasteiger charge is 2.64. The SMILES string of the molecule is CC(C)(C)OC(=O)N1CCC[C@H]1C(=O)O.C[C@H](CCCC(C)(C)O)[C@H]1CC[C@H]2[C@@H]3CC=C4C[C@@H](O)CC[C@]4(C)[C@H]3CC[C@]12C.C[C@H](CCCC(C)(C)O)[C@H]1CC[C@H]2[C@@H]3CC=C4C[C@@H](OC(=O)C5CCCC5)CC[C@]4(C)[C@H]3CC[C@]12C.C[C@H](CCCC(C)(C)O)[C@H]1CC[C@H]2[C@@H]3CC=C4C[C@@H](OC(=O)[C@@H]5CCCN5C(=O)OC(C)(C)C)CC[C@]4(C)[C@H]3CC[C@]12C.Cl. The van der Waals surface area contributed by atoms with E-state index in [2.05, 4.69) is 80.5 Å². The van der Waals surface area contributed by atoms with Gasteiger partial charge in [0.25, 0.3) is 0 Å². The highest BCUT2D eigenvalue weighted by molar-refractivity contribution is 5.85. The lowest BCUT2D eigenvalue weighted by atomic mass is 9.47. The number of hydrogen-bond acceptors (Lipinski definition) is 13. The van der Waals surface area contributed by atoms with Crippen molar-refractivity contribution in [2.75, 3.05) is 13.1 Å². The maximum atomic E-state index is 13.3. The number of aliphatic hydroxyl groups excluding tert-OH is 1. The molecule has 124 heavy (non-hydrogen) atoms. The van der Waals surface area contributed by atoms with E-state index in [-0.39, 0.29) is 54.0 Å². The summed E-state index contributed by atoms with van der Waals surface area (Å²) in [5.41, 5.74) is 4.29. The van der Waals surface area contributed by atoms with Gasteiger partial charge < -0.3 is 44.5 Å². The average molecular weight is 1750 g/mol. The number of allylic oxidation sites excluding steroid dienone is 3. The third kappa shape index (κ3) is 22.6. The van der Waals surface area contributed by atoms with E-state index in [1.807, 2.05) is 62.3 Å². The molecule has 0 bridgehead atoms. The van der Waals surface area contributed by atoms with Crippen molar-refractivity contribution in [2.45, 2.75) is 467 Å². The lowest BCUT2D eigenvalue weighted by Crippen LogP contribution is -2.51. The normalized spacial score (nSPS) is 38.8. The number of halogens is 1. The number of carbonyl (C=O) groups excluding carboxylic acids is 4. The minimum atomic E-state index is -0.960. The van der Waals surface area contributed by atoms with Crippen molar-refractivity contribution in [2.24, 2.45) is 127 Å². The Hall–Kier alpha value is -3.70. The Balaban J connectivity index is 0.000000169. The molecule has 0 radical (unpaired) electrons. The molecular formula is C107H179ClN2O14. The number of fused-ring (bicyclic) bond motifs is 15. The summed E-state index contributed by atoms with van der Waals surface area (Å²) in [6.45, 7) is 46.5. The minimum Gasteiger partial charge on any atom is -0.480 e. The molecule has 16 nitrogen and oxygen atoms in total. The van der Waals surface area contributed by atoms with E-state index in [9.17, 15) is 44.4 Å². The van der Waals surface area contributed by atoms with Crippen LogP contribution in [0.15, 0.2) is 34.9 Å². The second kappa shape index (κ2) is 39.6. The van der Waals surface area contributed by atoms with Gasteiger partial charge in [-0.25, -0.2) is 19.2 Å². The fraction of sp³-hybridized carbons (Fsp3) is 0.897. The Kier molecular flexibility index (Phi) is 32.2. The monoisotopic (exact) mass is 1750 g/mol. The third-order valence-electron chi connectivity index (χ3n) is 37.4. The Morgan fingerprint density at radius 1 is 0.411 bits per heavy atom. The second-order valence-corrected chi connectivity index (χ2v) is 49.5. The maximum Gasteiger partial charge on any atom is 0.411 e. The molecule has 0 aromatic heterocycles. The van der Waals surface area contributed by atoms with E-state index in [0.717, 1.165) is 198 Å². The number of rotatable bonds is 20. The van der Waals surface area contributed by atoms with Crippen LogP contribution in [0.3, 0.4) is 0 Å². The number of hydrogen-bond donors (Lipinski definition) is 5. The first-order valence-corrected chi connectivity index (χ1v) is 51.0. The van der Waals surface area contributed by atoms with Crippen LogP contribution in [0.1, 0.15) is 409 Å². The van der Waals surface area contributed by atoms with E-state index in [1.165, 1.54) is 152 Å². The topological polar surface area (TPSA) is 230 Å². The van der Waals surface area contributed by atoms with Gasteiger partial charge in [-0.15, -0.1) is 12.4 Å². The Morgan fingerprint density at radius 3 is 1.09 bits per heavy atom. The number of likely N-dealkylation sites (tertiary alicyclic amines) is 2. The van der Waals surface area contributed by atoms with Crippen LogP contribution in [0.25, 0.3) is 0 Å². The molecular weight excluding hydrogens is 1570 g/mol. The predicted octanol–water partition coefficient (Wildman–Crippen LogP) is 25.1. The van der Waals surface area contributed by atoms with Crippen LogP contribution in [-0.2, 0) is 33.3 Å². The van der Waals surface area contributed by atoms with Gasteiger partial charge in [-0.2, -0.15) is 0 Å². The Labute approximate surface area is 758 Å². The first-order valence-electron chi connectivity index (χ1n) is 51.0. The maximum absolute atomic E-state index is 13.3. The van der Waals surface area contributed by atoms with Crippen molar-refractivity contribution < 1.29 is 68.5 Å². The molecule has 0 aromatic carbocycles. The number of carboxylic acids is 1. The summed E-state index contributed by atoms with van der Waals surface area (Å²) in [6, 6.07) is -1.25. The fourth-order valence-corrected chi connectivity index (χ4v) is 31.0. The molecule has 2 heterocycles. The summed E-state index contributed by atoms with van der Waals surface area (Å²) in [7, 11) is 0. The van der Waals surface area contributed by atoms with E-state index < -0.39 is 58.2 Å². The smallest absolute Gasteiger partial charge is 0.411 e. The summed E-state index contributed by atoms with van der Waals surface area (Å²) in [5, 5.41) is 49.5. The molecule has 2 saturated heterocycles. The number of aliphatic carboxylic acids is 1. The van der Waals surface area contributed by atoms with Gasteiger partial charge in [0.05, 0.1) is 28.8 Å². The molecule has 5 N–H and O–H groups in total. The molecule has 13 aliphatic carbocycles. The van der Waals surface area contributed by atoms with Crippen LogP contribution < -0.4 is 0 Å². The zero-order chi connectivity index (χ0) is 89.8. The molecule has 2 aliphatic heterocycles. The number of carboxylic acid groups (broad SMARTS) is 1. The van der Waals surface area contributed by atoms with E-state index in [0.29, 0.717) is 53.0 Å². The molecule has 15 aliphatic rings. The first kappa shape index (κ1) is 101. The number of amides is 2. The first-order chi connectivity index (χ1) is 57.4. The van der Waals surface area contributed by atoms with Gasteiger partial charge >= 0.3 is 30.1 Å². The largest absolute Gasteiger partial charge is 0.480 e. The van der Waals surface area contributed by atoms with Crippen LogP contribution >= 0.6 is 12.4 Å². The molecule has 10 saturated carbocycles. The summed E-state index contributed by atoms with van der Waals surface area (Å²) >= 11 is 0. The molecule has 708 valence electrons. The van der Waals surface area contributed by atoms with Crippen LogP contribution in [0.4, 0.5) is 9.59 Å². The molecule has 2 amide bonds. The quantitative estimate of drug-likeness (QED) is 0.0434. The van der Waals surface area contributed by atoms with Crippen molar-refractivity contribution in [3.05, 3.63) is 34.9 Å². The van der Waals surface area contributed by atoms with Crippen molar-refractivity contribution >= 4 is 42.5 Å². The van der Waals surface area contributed by atoms with Crippen LogP contribution in [0.2, 0.25) is 0 Å². The molecule has 12 fully saturated rings. The van der Waals surface area contributed by atoms with Gasteiger partial charge in [-0.1, -0.05) is 149 Å². The van der Waals surface area contributed by atoms with Crippen LogP contribution in [0.5, 0.6) is 0 Å². The van der Waals surface area contributed by atoms with Gasteiger partial charge in [0.2, 0.25) is 0 Å². The Morgan fingerprint density at radius 2 is 0.742 bits per heavy atom. The van der Waals surface area contributed by atoms with Crippen molar-refractivity contribution in [3.8, 4) is 0 Å². The van der Waals surface area contributed by atoms with Gasteiger partial charge in [0.1, 0.15) is 35.5 Å².